The van der Waals surface area contributed by atoms with Crippen LogP contribution in [0.4, 0.5) is 0 Å². The normalized spacial score (nSPS) is 20.7. The quantitative estimate of drug-likeness (QED) is 0.631. The summed E-state index contributed by atoms with van der Waals surface area (Å²) in [5.74, 6) is -0.490. The zero-order chi connectivity index (χ0) is 15.1. The van der Waals surface area contributed by atoms with Crippen molar-refractivity contribution in [3.05, 3.63) is 83.4 Å². The molecule has 0 bridgehead atoms. The third-order valence-electron chi connectivity index (χ3n) is 4.10. The van der Waals surface area contributed by atoms with Crippen molar-refractivity contribution in [2.24, 2.45) is 0 Å². The van der Waals surface area contributed by atoms with Crippen LogP contribution in [0.5, 0.6) is 0 Å². The number of benzene rings is 2. The first-order valence-electron chi connectivity index (χ1n) is 7.23. The van der Waals surface area contributed by atoms with Crippen LogP contribution in [0.25, 0.3) is 0 Å². The van der Waals surface area contributed by atoms with Crippen molar-refractivity contribution in [2.75, 3.05) is 6.54 Å². The predicted octanol–water partition coefficient (Wildman–Crippen LogP) is 2.81. The van der Waals surface area contributed by atoms with Crippen LogP contribution in [-0.2, 0) is 0 Å². The van der Waals surface area contributed by atoms with Gasteiger partial charge in [-0.3, -0.25) is 9.59 Å². The van der Waals surface area contributed by atoms with Gasteiger partial charge < -0.3 is 0 Å². The fourth-order valence-corrected chi connectivity index (χ4v) is 3.06. The van der Waals surface area contributed by atoms with Crippen molar-refractivity contribution >= 4 is 11.8 Å². The van der Waals surface area contributed by atoms with Crippen LogP contribution >= 0.6 is 0 Å². The maximum atomic E-state index is 12.6. The van der Waals surface area contributed by atoms with Gasteiger partial charge in [-0.25, -0.2) is 5.01 Å². The topological polar surface area (TPSA) is 40.6 Å². The van der Waals surface area contributed by atoms with Gasteiger partial charge in [0, 0.05) is 6.54 Å². The second-order valence-electron chi connectivity index (χ2n) is 5.37. The van der Waals surface area contributed by atoms with Gasteiger partial charge in [-0.1, -0.05) is 54.6 Å². The molecule has 1 atom stereocenters. The number of fused-ring (bicyclic) bond motifs is 1. The lowest BCUT2D eigenvalue weighted by Gasteiger charge is -2.31. The Kier molecular flexibility index (Phi) is 2.91. The molecule has 2 heterocycles. The molecule has 4 nitrogen and oxygen atoms in total. The maximum Gasteiger partial charge on any atom is 0.276 e. The lowest BCUT2D eigenvalue weighted by atomic mass is 10.1. The van der Waals surface area contributed by atoms with Gasteiger partial charge in [0.25, 0.3) is 11.8 Å². The molecular formula is C18H14N2O2. The van der Waals surface area contributed by atoms with Gasteiger partial charge in [0.1, 0.15) is 0 Å². The van der Waals surface area contributed by atoms with Crippen LogP contribution in [-0.4, -0.2) is 28.4 Å². The molecule has 2 amide bonds. The van der Waals surface area contributed by atoms with E-state index in [9.17, 15) is 9.59 Å². The van der Waals surface area contributed by atoms with E-state index in [0.717, 1.165) is 5.56 Å². The Bertz CT molecular complexity index is 748. The third-order valence-corrected chi connectivity index (χ3v) is 4.10. The maximum absolute atomic E-state index is 12.6. The van der Waals surface area contributed by atoms with Crippen molar-refractivity contribution in [2.45, 2.75) is 6.04 Å². The molecule has 0 aromatic heterocycles. The summed E-state index contributed by atoms with van der Waals surface area (Å²) < 4.78 is 0. The highest BCUT2D eigenvalue weighted by atomic mass is 16.2. The molecule has 2 aliphatic heterocycles. The number of amides is 2. The first-order chi connectivity index (χ1) is 10.8. The predicted molar refractivity (Wildman–Crippen MR) is 82.0 cm³/mol. The minimum Gasteiger partial charge on any atom is -0.267 e. The monoisotopic (exact) mass is 290 g/mol. The highest BCUT2D eigenvalue weighted by Crippen LogP contribution is 2.33. The second kappa shape index (κ2) is 4.93. The number of hydrazine groups is 1. The molecular weight excluding hydrogens is 276 g/mol. The number of hydrogen-bond acceptors (Lipinski definition) is 3. The Labute approximate surface area is 128 Å². The number of carbonyl (C=O) groups is 2. The zero-order valence-corrected chi connectivity index (χ0v) is 11.8. The molecule has 4 heteroatoms. The number of hydrogen-bond donors (Lipinski definition) is 0. The second-order valence-corrected chi connectivity index (χ2v) is 5.37. The van der Waals surface area contributed by atoms with Crippen LogP contribution < -0.4 is 0 Å². The van der Waals surface area contributed by atoms with E-state index in [1.54, 1.807) is 24.3 Å². The van der Waals surface area contributed by atoms with Gasteiger partial charge >= 0.3 is 0 Å². The minimum atomic E-state index is -0.245. The first kappa shape index (κ1) is 13.0. The van der Waals surface area contributed by atoms with Gasteiger partial charge in [0.2, 0.25) is 0 Å². The van der Waals surface area contributed by atoms with E-state index in [1.807, 2.05) is 47.5 Å². The summed E-state index contributed by atoms with van der Waals surface area (Å²) in [6, 6.07) is 16.8. The Morgan fingerprint density at radius 1 is 0.818 bits per heavy atom. The summed E-state index contributed by atoms with van der Waals surface area (Å²) in [4.78, 5) is 25.2. The molecule has 2 aliphatic rings. The molecule has 108 valence electrons. The highest BCUT2D eigenvalue weighted by molar-refractivity contribution is 6.21. The van der Waals surface area contributed by atoms with E-state index in [2.05, 4.69) is 0 Å². The first-order valence-corrected chi connectivity index (χ1v) is 7.23. The van der Waals surface area contributed by atoms with E-state index in [4.69, 9.17) is 0 Å². The van der Waals surface area contributed by atoms with Crippen LogP contribution in [0.15, 0.2) is 66.7 Å². The molecule has 0 saturated carbocycles. The fourth-order valence-electron chi connectivity index (χ4n) is 3.06. The van der Waals surface area contributed by atoms with Crippen molar-refractivity contribution in [1.82, 2.24) is 10.0 Å². The lowest BCUT2D eigenvalue weighted by Crippen LogP contribution is -2.46. The fraction of sp³-hybridized carbons (Fsp3) is 0.111. The Hall–Kier alpha value is -2.72. The average molecular weight is 290 g/mol. The summed E-state index contributed by atoms with van der Waals surface area (Å²) >= 11 is 0. The SMILES string of the molecule is O=C1c2ccccc2C(=O)N1N1CC=C[C@H]1c1ccccc1. The van der Waals surface area contributed by atoms with Crippen LogP contribution in [0, 0.1) is 0 Å². The van der Waals surface area contributed by atoms with Gasteiger partial charge in [0.05, 0.1) is 17.2 Å². The summed E-state index contributed by atoms with van der Waals surface area (Å²) in [7, 11) is 0. The van der Waals surface area contributed by atoms with E-state index in [0.29, 0.717) is 17.7 Å². The van der Waals surface area contributed by atoms with Crippen molar-refractivity contribution in [3.63, 3.8) is 0 Å². The van der Waals surface area contributed by atoms with Gasteiger partial charge in [0.15, 0.2) is 0 Å². The summed E-state index contributed by atoms with van der Waals surface area (Å²) in [6.07, 6.45) is 4.01. The number of imide groups is 1. The van der Waals surface area contributed by atoms with Crippen LogP contribution in [0.3, 0.4) is 0 Å². The van der Waals surface area contributed by atoms with Crippen LogP contribution in [0.1, 0.15) is 32.3 Å². The molecule has 0 fully saturated rings. The van der Waals surface area contributed by atoms with E-state index in [1.165, 1.54) is 5.01 Å². The summed E-state index contributed by atoms with van der Waals surface area (Å²) in [5.41, 5.74) is 2.02. The minimum absolute atomic E-state index is 0.0941. The zero-order valence-electron chi connectivity index (χ0n) is 11.8. The molecule has 2 aromatic rings. The van der Waals surface area contributed by atoms with Gasteiger partial charge in [-0.2, -0.15) is 5.01 Å². The molecule has 2 aromatic carbocycles. The molecule has 0 N–H and O–H groups in total. The van der Waals surface area contributed by atoms with E-state index in [-0.39, 0.29) is 17.9 Å². The highest BCUT2D eigenvalue weighted by Gasteiger charge is 2.42. The number of rotatable bonds is 2. The van der Waals surface area contributed by atoms with Crippen molar-refractivity contribution < 1.29 is 9.59 Å². The standard InChI is InChI=1S/C18H14N2O2/c21-17-14-9-4-5-10-15(14)18(22)20(17)19-12-6-11-16(19)13-7-2-1-3-8-13/h1-11,16H,12H2/t16-/m0/s1. The average Bonchev–Trinajstić information content (AvgIpc) is 3.13. The van der Waals surface area contributed by atoms with E-state index >= 15 is 0 Å². The molecule has 0 spiro atoms. The molecule has 0 unspecified atom stereocenters. The van der Waals surface area contributed by atoms with Gasteiger partial charge in [-0.05, 0) is 17.7 Å². The Morgan fingerprint density at radius 3 is 2.05 bits per heavy atom. The van der Waals surface area contributed by atoms with Crippen molar-refractivity contribution in [1.29, 1.82) is 0 Å². The summed E-state index contributed by atoms with van der Waals surface area (Å²) in [5, 5.41) is 3.10. The van der Waals surface area contributed by atoms with Crippen LogP contribution in [0.2, 0.25) is 0 Å². The largest absolute Gasteiger partial charge is 0.276 e. The number of nitrogens with zero attached hydrogens (tertiary/aromatic N) is 2. The molecule has 0 saturated heterocycles. The Balaban J connectivity index is 1.71. The third kappa shape index (κ3) is 1.81. The number of carbonyl (C=O) groups excluding carboxylic acids is 2. The molecule has 22 heavy (non-hydrogen) atoms. The Morgan fingerprint density at radius 2 is 1.41 bits per heavy atom. The lowest BCUT2D eigenvalue weighted by molar-refractivity contribution is -0.00128. The molecule has 0 aliphatic carbocycles. The van der Waals surface area contributed by atoms with Gasteiger partial charge in [-0.15, -0.1) is 0 Å². The molecule has 4 rings (SSSR count). The smallest absolute Gasteiger partial charge is 0.267 e. The molecule has 0 radical (unpaired) electrons. The summed E-state index contributed by atoms with van der Waals surface area (Å²) in [6.45, 7) is 0.547. The van der Waals surface area contributed by atoms with Crippen molar-refractivity contribution in [3.8, 4) is 0 Å². The van der Waals surface area contributed by atoms with E-state index < -0.39 is 0 Å².